The summed E-state index contributed by atoms with van der Waals surface area (Å²) >= 11 is 0. The molecule has 1 aliphatic carbocycles. The van der Waals surface area contributed by atoms with Crippen LogP contribution in [0, 0.1) is 11.7 Å². The fourth-order valence-electron chi connectivity index (χ4n) is 2.15. The number of anilines is 2. The second-order valence-electron chi connectivity index (χ2n) is 4.99. The van der Waals surface area contributed by atoms with E-state index in [-0.39, 0.29) is 5.69 Å². The second-order valence-corrected chi connectivity index (χ2v) is 6.74. The van der Waals surface area contributed by atoms with Crippen molar-refractivity contribution >= 4 is 21.4 Å². The molecule has 100 valence electrons. The second kappa shape index (κ2) is 4.76. The van der Waals surface area contributed by atoms with Crippen molar-refractivity contribution < 1.29 is 12.8 Å². The fraction of sp³-hybridized carbons (Fsp3) is 0.500. The minimum absolute atomic E-state index is 0.0186. The SMILES string of the molecule is CC1CC(Nc2ccc(F)c(NS(C)(=O)=O)c2)C1. The lowest BCUT2D eigenvalue weighted by Gasteiger charge is -2.34. The van der Waals surface area contributed by atoms with Crippen LogP contribution in [-0.2, 0) is 10.0 Å². The van der Waals surface area contributed by atoms with Gasteiger partial charge in [-0.25, -0.2) is 12.8 Å². The molecule has 18 heavy (non-hydrogen) atoms. The number of halogens is 1. The van der Waals surface area contributed by atoms with Crippen molar-refractivity contribution in [2.24, 2.45) is 5.92 Å². The molecule has 1 fully saturated rings. The average molecular weight is 272 g/mol. The molecule has 0 unspecified atom stereocenters. The van der Waals surface area contributed by atoms with Crippen LogP contribution in [-0.4, -0.2) is 20.7 Å². The summed E-state index contributed by atoms with van der Waals surface area (Å²) in [6.07, 6.45) is 3.18. The number of hydrogen-bond donors (Lipinski definition) is 2. The summed E-state index contributed by atoms with van der Waals surface area (Å²) in [5.41, 5.74) is 0.717. The van der Waals surface area contributed by atoms with E-state index in [1.165, 1.54) is 12.1 Å². The van der Waals surface area contributed by atoms with E-state index in [0.717, 1.165) is 30.7 Å². The maximum Gasteiger partial charge on any atom is 0.229 e. The van der Waals surface area contributed by atoms with Gasteiger partial charge in [-0.05, 0) is 37.0 Å². The van der Waals surface area contributed by atoms with E-state index in [9.17, 15) is 12.8 Å². The summed E-state index contributed by atoms with van der Waals surface area (Å²) in [6.45, 7) is 2.18. The molecular formula is C12H17FN2O2S. The Morgan fingerprint density at radius 1 is 1.33 bits per heavy atom. The van der Waals surface area contributed by atoms with Gasteiger partial charge < -0.3 is 5.32 Å². The van der Waals surface area contributed by atoms with E-state index < -0.39 is 15.8 Å². The van der Waals surface area contributed by atoms with Gasteiger partial charge in [0.1, 0.15) is 5.82 Å². The highest BCUT2D eigenvalue weighted by atomic mass is 32.2. The van der Waals surface area contributed by atoms with E-state index in [2.05, 4.69) is 17.0 Å². The lowest BCUT2D eigenvalue weighted by molar-refractivity contribution is 0.309. The highest BCUT2D eigenvalue weighted by Gasteiger charge is 2.25. The minimum atomic E-state index is -3.46. The molecule has 0 radical (unpaired) electrons. The first kappa shape index (κ1) is 13.1. The largest absolute Gasteiger partial charge is 0.382 e. The Bertz CT molecular complexity index is 539. The molecule has 2 rings (SSSR count). The van der Waals surface area contributed by atoms with Crippen molar-refractivity contribution in [2.75, 3.05) is 16.3 Å². The molecule has 0 spiro atoms. The van der Waals surface area contributed by atoms with E-state index in [1.807, 2.05) is 0 Å². The van der Waals surface area contributed by atoms with Crippen LogP contribution in [0.3, 0.4) is 0 Å². The molecule has 0 heterocycles. The summed E-state index contributed by atoms with van der Waals surface area (Å²) in [4.78, 5) is 0. The molecule has 0 aromatic heterocycles. The molecule has 0 bridgehead atoms. The molecule has 1 aromatic carbocycles. The van der Waals surface area contributed by atoms with E-state index in [4.69, 9.17) is 0 Å². The van der Waals surface area contributed by atoms with Gasteiger partial charge in [-0.1, -0.05) is 6.92 Å². The van der Waals surface area contributed by atoms with Crippen molar-refractivity contribution in [3.05, 3.63) is 24.0 Å². The van der Waals surface area contributed by atoms with Gasteiger partial charge in [0.05, 0.1) is 11.9 Å². The van der Waals surface area contributed by atoms with Gasteiger partial charge in [0, 0.05) is 11.7 Å². The van der Waals surface area contributed by atoms with Crippen molar-refractivity contribution in [3.63, 3.8) is 0 Å². The molecule has 2 N–H and O–H groups in total. The van der Waals surface area contributed by atoms with Crippen molar-refractivity contribution in [3.8, 4) is 0 Å². The van der Waals surface area contributed by atoms with Gasteiger partial charge in [0.2, 0.25) is 10.0 Å². The van der Waals surface area contributed by atoms with Gasteiger partial charge in [0.25, 0.3) is 0 Å². The number of rotatable bonds is 4. The molecule has 1 saturated carbocycles. The predicted octanol–water partition coefficient (Wildman–Crippen LogP) is 2.41. The quantitative estimate of drug-likeness (QED) is 0.885. The molecule has 0 saturated heterocycles. The summed E-state index contributed by atoms with van der Waals surface area (Å²) < 4.78 is 37.8. The number of benzene rings is 1. The topological polar surface area (TPSA) is 58.2 Å². The summed E-state index contributed by atoms with van der Waals surface area (Å²) in [6, 6.07) is 4.76. The number of nitrogens with one attached hydrogen (secondary N) is 2. The van der Waals surface area contributed by atoms with Crippen molar-refractivity contribution in [1.29, 1.82) is 0 Å². The van der Waals surface area contributed by atoms with E-state index in [1.54, 1.807) is 6.07 Å². The molecule has 0 amide bonds. The smallest absolute Gasteiger partial charge is 0.229 e. The van der Waals surface area contributed by atoms with Crippen molar-refractivity contribution in [2.45, 2.75) is 25.8 Å². The Morgan fingerprint density at radius 2 is 2.00 bits per heavy atom. The maximum absolute atomic E-state index is 13.4. The third-order valence-corrected chi connectivity index (χ3v) is 3.60. The molecule has 1 aliphatic rings. The lowest BCUT2D eigenvalue weighted by Crippen LogP contribution is -2.33. The molecule has 6 heteroatoms. The van der Waals surface area contributed by atoms with Crippen LogP contribution in [0.1, 0.15) is 19.8 Å². The Morgan fingerprint density at radius 3 is 2.56 bits per heavy atom. The Balaban J connectivity index is 2.11. The highest BCUT2D eigenvalue weighted by Crippen LogP contribution is 2.30. The Kier molecular flexibility index (Phi) is 3.47. The van der Waals surface area contributed by atoms with Crippen LogP contribution in [0.15, 0.2) is 18.2 Å². The van der Waals surface area contributed by atoms with Gasteiger partial charge in [-0.15, -0.1) is 0 Å². The molecule has 0 aliphatic heterocycles. The van der Waals surface area contributed by atoms with Crippen LogP contribution in [0.25, 0.3) is 0 Å². The van der Waals surface area contributed by atoms with Crippen molar-refractivity contribution in [1.82, 2.24) is 0 Å². The number of sulfonamides is 1. The first-order valence-electron chi connectivity index (χ1n) is 5.87. The molecular weight excluding hydrogens is 255 g/mol. The van der Waals surface area contributed by atoms with Crippen LogP contribution < -0.4 is 10.0 Å². The van der Waals surface area contributed by atoms with Crippen LogP contribution >= 0.6 is 0 Å². The standard InChI is InChI=1S/C12H17FN2O2S/c1-8-5-10(6-8)14-9-3-4-11(13)12(7-9)15-18(2,16)17/h3-4,7-8,10,14-15H,5-6H2,1-2H3. The van der Waals surface area contributed by atoms with E-state index >= 15 is 0 Å². The van der Waals surface area contributed by atoms with Gasteiger partial charge in [-0.2, -0.15) is 0 Å². The van der Waals surface area contributed by atoms with E-state index in [0.29, 0.717) is 6.04 Å². The third kappa shape index (κ3) is 3.35. The Hall–Kier alpha value is -1.30. The third-order valence-electron chi connectivity index (χ3n) is 3.01. The Labute approximate surface area is 107 Å². The predicted molar refractivity (Wildman–Crippen MR) is 70.7 cm³/mol. The van der Waals surface area contributed by atoms with Gasteiger partial charge >= 0.3 is 0 Å². The van der Waals surface area contributed by atoms with Gasteiger partial charge in [-0.3, -0.25) is 4.72 Å². The number of hydrogen-bond acceptors (Lipinski definition) is 3. The summed E-state index contributed by atoms with van der Waals surface area (Å²) in [5.74, 6) is 0.143. The molecule has 1 aromatic rings. The maximum atomic E-state index is 13.4. The van der Waals surface area contributed by atoms with Crippen LogP contribution in [0.5, 0.6) is 0 Å². The molecule has 0 atom stereocenters. The first-order chi connectivity index (χ1) is 8.33. The molecule has 4 nitrogen and oxygen atoms in total. The van der Waals surface area contributed by atoms with Crippen LogP contribution in [0.4, 0.5) is 15.8 Å². The van der Waals surface area contributed by atoms with Crippen LogP contribution in [0.2, 0.25) is 0 Å². The normalized spacial score (nSPS) is 23.3. The average Bonchev–Trinajstić information content (AvgIpc) is 2.18. The lowest BCUT2D eigenvalue weighted by atomic mass is 9.82. The fourth-order valence-corrected chi connectivity index (χ4v) is 2.70. The summed E-state index contributed by atoms with van der Waals surface area (Å²) in [7, 11) is -3.46. The first-order valence-corrected chi connectivity index (χ1v) is 7.76. The summed E-state index contributed by atoms with van der Waals surface area (Å²) in [5, 5.41) is 3.26. The monoisotopic (exact) mass is 272 g/mol. The minimum Gasteiger partial charge on any atom is -0.382 e. The van der Waals surface area contributed by atoms with Gasteiger partial charge in [0.15, 0.2) is 0 Å². The zero-order valence-corrected chi connectivity index (χ0v) is 11.2. The zero-order valence-electron chi connectivity index (χ0n) is 10.4. The highest BCUT2D eigenvalue weighted by molar-refractivity contribution is 7.92. The zero-order chi connectivity index (χ0) is 13.3.